The van der Waals surface area contributed by atoms with E-state index in [1.54, 1.807) is 6.92 Å². The molecule has 0 aliphatic heterocycles. The van der Waals surface area contributed by atoms with E-state index in [1.807, 2.05) is 20.8 Å². The lowest BCUT2D eigenvalue weighted by atomic mass is 9.95. The minimum absolute atomic E-state index is 0.0150. The zero-order valence-electron chi connectivity index (χ0n) is 13.6. The van der Waals surface area contributed by atoms with E-state index in [2.05, 4.69) is 25.5 Å². The van der Waals surface area contributed by atoms with E-state index in [9.17, 15) is 9.59 Å². The molecule has 3 rings (SSSR count). The van der Waals surface area contributed by atoms with Gasteiger partial charge in [-0.3, -0.25) is 14.9 Å². The Hall–Kier alpha value is -2.09. The third-order valence-electron chi connectivity index (χ3n) is 3.63. The van der Waals surface area contributed by atoms with Crippen molar-refractivity contribution in [3.8, 4) is 0 Å². The van der Waals surface area contributed by atoms with Crippen molar-refractivity contribution in [2.75, 3.05) is 5.32 Å². The molecule has 0 spiro atoms. The van der Waals surface area contributed by atoms with Gasteiger partial charge in [-0.2, -0.15) is 0 Å². The first-order valence-electron chi connectivity index (χ1n) is 7.52. The summed E-state index contributed by atoms with van der Waals surface area (Å²) in [4.78, 5) is 31.7. The van der Waals surface area contributed by atoms with Gasteiger partial charge in [0.15, 0.2) is 0 Å². The zero-order valence-corrected chi connectivity index (χ0v) is 14.4. The smallest absolute Gasteiger partial charge is 0.264 e. The third-order valence-corrected chi connectivity index (χ3v) is 4.63. The van der Waals surface area contributed by atoms with Crippen LogP contribution in [0.4, 0.5) is 5.13 Å². The van der Waals surface area contributed by atoms with Crippen molar-refractivity contribution < 1.29 is 4.79 Å². The van der Waals surface area contributed by atoms with Crippen LogP contribution in [-0.4, -0.2) is 26.1 Å². The van der Waals surface area contributed by atoms with Gasteiger partial charge in [0.2, 0.25) is 5.13 Å². The number of aromatic nitrogens is 4. The average molecular weight is 333 g/mol. The highest BCUT2D eigenvalue weighted by Gasteiger charge is 2.28. The largest absolute Gasteiger partial charge is 0.309 e. The number of aryl methyl sites for hydroxylation is 1. The number of nitrogens with zero attached hydrogens (tertiary/aromatic N) is 3. The van der Waals surface area contributed by atoms with Crippen molar-refractivity contribution in [1.82, 2.24) is 20.2 Å². The first kappa shape index (κ1) is 15.8. The van der Waals surface area contributed by atoms with Gasteiger partial charge in [0.25, 0.3) is 11.5 Å². The number of amides is 1. The first-order valence-corrected chi connectivity index (χ1v) is 8.33. The molecule has 0 bridgehead atoms. The van der Waals surface area contributed by atoms with E-state index < -0.39 is 11.5 Å². The van der Waals surface area contributed by atoms with Crippen LogP contribution in [0.15, 0.2) is 4.79 Å². The average Bonchev–Trinajstić information content (AvgIpc) is 3.18. The second-order valence-corrected chi connectivity index (χ2v) is 7.81. The van der Waals surface area contributed by atoms with Gasteiger partial charge in [0, 0.05) is 11.3 Å². The molecule has 7 nitrogen and oxygen atoms in total. The molecule has 0 atom stereocenters. The lowest BCUT2D eigenvalue weighted by Crippen LogP contribution is -2.30. The summed E-state index contributed by atoms with van der Waals surface area (Å²) in [7, 11) is 0. The number of anilines is 1. The van der Waals surface area contributed by atoms with Gasteiger partial charge < -0.3 is 4.98 Å². The molecule has 0 unspecified atom stereocenters. The minimum atomic E-state index is -0.504. The number of aromatic amines is 1. The lowest BCUT2D eigenvalue weighted by molar-refractivity contribution is 0.102. The highest BCUT2D eigenvalue weighted by atomic mass is 32.1. The van der Waals surface area contributed by atoms with Crippen molar-refractivity contribution in [3.05, 3.63) is 32.4 Å². The highest BCUT2D eigenvalue weighted by Crippen LogP contribution is 2.42. The molecule has 8 heteroatoms. The molecule has 1 aliphatic rings. The molecule has 1 amide bonds. The maximum atomic E-state index is 12.4. The second kappa shape index (κ2) is 5.52. The van der Waals surface area contributed by atoms with Crippen LogP contribution < -0.4 is 10.9 Å². The Kier molecular flexibility index (Phi) is 3.79. The molecule has 2 aromatic rings. The number of hydrogen-bond acceptors (Lipinski definition) is 6. The fourth-order valence-electron chi connectivity index (χ4n) is 2.15. The summed E-state index contributed by atoms with van der Waals surface area (Å²) >= 11 is 1.36. The van der Waals surface area contributed by atoms with E-state index in [-0.39, 0.29) is 11.0 Å². The van der Waals surface area contributed by atoms with Gasteiger partial charge in [-0.05, 0) is 19.8 Å². The van der Waals surface area contributed by atoms with Crippen LogP contribution in [0.3, 0.4) is 0 Å². The number of H-pyrrole nitrogens is 1. The van der Waals surface area contributed by atoms with Crippen LogP contribution >= 0.6 is 11.3 Å². The van der Waals surface area contributed by atoms with E-state index >= 15 is 0 Å². The van der Waals surface area contributed by atoms with Crippen molar-refractivity contribution >= 4 is 22.4 Å². The number of rotatable bonds is 3. The van der Waals surface area contributed by atoms with Crippen molar-refractivity contribution in [3.63, 3.8) is 0 Å². The predicted molar refractivity (Wildman–Crippen MR) is 88.1 cm³/mol. The summed E-state index contributed by atoms with van der Waals surface area (Å²) < 4.78 is 0. The summed E-state index contributed by atoms with van der Waals surface area (Å²) in [6.07, 6.45) is 2.25. The summed E-state index contributed by atoms with van der Waals surface area (Å²) in [5.41, 5.74) is -0.312. The Balaban J connectivity index is 1.85. The highest BCUT2D eigenvalue weighted by molar-refractivity contribution is 7.15. The fourth-order valence-corrected chi connectivity index (χ4v) is 3.06. The summed E-state index contributed by atoms with van der Waals surface area (Å²) in [6.45, 7) is 7.51. The van der Waals surface area contributed by atoms with Crippen LogP contribution in [0, 0.1) is 6.92 Å². The predicted octanol–water partition coefficient (Wildman–Crippen LogP) is 2.36. The Morgan fingerprint density at radius 2 is 2.00 bits per heavy atom. The fraction of sp³-hybridized carbons (Fsp3) is 0.533. The molecule has 23 heavy (non-hydrogen) atoms. The molecular weight excluding hydrogens is 314 g/mol. The third kappa shape index (κ3) is 3.31. The van der Waals surface area contributed by atoms with Crippen molar-refractivity contribution in [2.24, 2.45) is 0 Å². The summed E-state index contributed by atoms with van der Waals surface area (Å²) in [5, 5.41) is 12.0. The lowest BCUT2D eigenvalue weighted by Gasteiger charge is -2.18. The number of nitrogens with one attached hydrogen (secondary N) is 2. The molecular formula is C15H19N5O2S. The Morgan fingerprint density at radius 1 is 1.30 bits per heavy atom. The van der Waals surface area contributed by atoms with Crippen LogP contribution in [0.5, 0.6) is 0 Å². The van der Waals surface area contributed by atoms with Gasteiger partial charge >= 0.3 is 0 Å². The Labute approximate surface area is 137 Å². The van der Waals surface area contributed by atoms with Crippen LogP contribution in [0.25, 0.3) is 0 Å². The monoisotopic (exact) mass is 333 g/mol. The van der Waals surface area contributed by atoms with Gasteiger partial charge in [0.05, 0.1) is 5.69 Å². The van der Waals surface area contributed by atoms with Gasteiger partial charge in [0.1, 0.15) is 16.4 Å². The minimum Gasteiger partial charge on any atom is -0.309 e. The normalized spacial score (nSPS) is 14.8. The van der Waals surface area contributed by atoms with E-state index in [0.717, 1.165) is 17.8 Å². The van der Waals surface area contributed by atoms with Gasteiger partial charge in [-0.25, -0.2) is 4.98 Å². The zero-order chi connectivity index (χ0) is 16.8. The first-order chi connectivity index (χ1) is 10.8. The van der Waals surface area contributed by atoms with E-state index in [0.29, 0.717) is 22.6 Å². The second-order valence-electron chi connectivity index (χ2n) is 6.80. The Bertz CT molecular complexity index is 814. The van der Waals surface area contributed by atoms with Crippen molar-refractivity contribution in [1.29, 1.82) is 0 Å². The van der Waals surface area contributed by atoms with Gasteiger partial charge in [-0.15, -0.1) is 10.2 Å². The quantitative estimate of drug-likeness (QED) is 0.898. The molecule has 2 N–H and O–H groups in total. The molecule has 0 radical (unpaired) electrons. The SMILES string of the molecule is Cc1nc(C(C)(C)C)[nH]c(=O)c1C(=O)Nc1nnc(C2CC2)s1. The number of hydrogen-bond donors (Lipinski definition) is 2. The number of carbonyl (C=O) groups excluding carboxylic acids is 1. The molecule has 2 aromatic heterocycles. The topological polar surface area (TPSA) is 101 Å². The molecule has 122 valence electrons. The molecule has 1 saturated carbocycles. The summed E-state index contributed by atoms with van der Waals surface area (Å²) in [6, 6.07) is 0. The van der Waals surface area contributed by atoms with E-state index in [1.165, 1.54) is 11.3 Å². The van der Waals surface area contributed by atoms with Crippen LogP contribution in [0.2, 0.25) is 0 Å². The van der Waals surface area contributed by atoms with Crippen molar-refractivity contribution in [2.45, 2.75) is 51.9 Å². The maximum absolute atomic E-state index is 12.4. The summed E-state index contributed by atoms with van der Waals surface area (Å²) in [5.74, 6) is 0.537. The van der Waals surface area contributed by atoms with E-state index in [4.69, 9.17) is 0 Å². The van der Waals surface area contributed by atoms with Crippen LogP contribution in [0.1, 0.15) is 66.4 Å². The molecule has 2 heterocycles. The molecule has 1 fully saturated rings. The van der Waals surface area contributed by atoms with Gasteiger partial charge in [-0.1, -0.05) is 32.1 Å². The Morgan fingerprint density at radius 3 is 2.57 bits per heavy atom. The maximum Gasteiger partial charge on any atom is 0.264 e. The molecule has 0 saturated heterocycles. The number of carbonyl (C=O) groups is 1. The standard InChI is InChI=1S/C15H19N5O2S/c1-7-9(10(21)17-13(16-7)15(2,3)4)11(22)18-14-20-19-12(23-14)8-5-6-8/h8H,5-6H2,1-4H3,(H,16,17,21)(H,18,20,22). The van der Waals surface area contributed by atoms with Crippen LogP contribution in [-0.2, 0) is 5.41 Å². The molecule has 0 aromatic carbocycles. The molecule has 1 aliphatic carbocycles.